The van der Waals surface area contributed by atoms with Crippen molar-refractivity contribution < 1.29 is 19.7 Å². The lowest BCUT2D eigenvalue weighted by molar-refractivity contribution is -0.209. The first-order chi connectivity index (χ1) is 13.9. The fraction of sp³-hybridized carbons (Fsp3) is 0.880. The highest BCUT2D eigenvalue weighted by molar-refractivity contribution is 5.64. The predicted molar refractivity (Wildman–Crippen MR) is 113 cm³/mol. The van der Waals surface area contributed by atoms with Gasteiger partial charge in [0.15, 0.2) is 0 Å². The molecule has 0 aliphatic heterocycles. The fourth-order valence-corrected chi connectivity index (χ4v) is 8.18. The van der Waals surface area contributed by atoms with E-state index in [1.54, 1.807) is 6.08 Å². The summed E-state index contributed by atoms with van der Waals surface area (Å²) in [5.41, 5.74) is -0.370. The molecule has 2 unspecified atom stereocenters. The molecule has 0 radical (unpaired) electrons. The van der Waals surface area contributed by atoms with Crippen molar-refractivity contribution in [3.05, 3.63) is 12.2 Å². The number of aliphatic hydroxyl groups excluding tert-OH is 1. The van der Waals surface area contributed by atoms with Crippen LogP contribution >= 0.6 is 0 Å². The van der Waals surface area contributed by atoms with Crippen molar-refractivity contribution >= 4 is 6.29 Å². The van der Waals surface area contributed by atoms with Gasteiger partial charge in [0.1, 0.15) is 6.29 Å². The molecule has 164 valence electrons. The van der Waals surface area contributed by atoms with Crippen LogP contribution in [-0.4, -0.2) is 41.4 Å². The normalized spacial score (nSPS) is 49.4. The lowest BCUT2D eigenvalue weighted by atomic mass is 9.43. The van der Waals surface area contributed by atoms with Crippen LogP contribution in [0.5, 0.6) is 0 Å². The molecule has 0 aromatic carbocycles. The van der Waals surface area contributed by atoms with Crippen molar-refractivity contribution in [3.8, 4) is 0 Å². The monoisotopic (exact) mass is 404 g/mol. The van der Waals surface area contributed by atoms with Crippen molar-refractivity contribution in [1.82, 2.24) is 0 Å². The minimum absolute atomic E-state index is 0.0958. The quantitative estimate of drug-likeness (QED) is 0.394. The second-order valence-corrected chi connectivity index (χ2v) is 10.9. The van der Waals surface area contributed by atoms with Crippen molar-refractivity contribution in [2.75, 3.05) is 13.2 Å². The van der Waals surface area contributed by atoms with Gasteiger partial charge in [-0.2, -0.15) is 0 Å². The third-order valence-corrected chi connectivity index (χ3v) is 9.95. The maximum atomic E-state index is 12.1. The number of ether oxygens (including phenoxy) is 1. The summed E-state index contributed by atoms with van der Waals surface area (Å²) in [5.74, 6) is 2.01. The standard InChI is InChI=1S/C25H40O4/c1-23-11-9-20(29-16-4-15-27)17-19(23)6-7-22-21(23)10-12-24(2)18(5-3-14-26)8-13-25(22,24)28/h3,5,14,18-22,27-28H,4,6-13,15-17H2,1-2H3/b5-3+/t18-,19?,20?,21-,22+,23-,24+,25+/m0/s1. The zero-order chi connectivity index (χ0) is 20.7. The summed E-state index contributed by atoms with van der Waals surface area (Å²) in [7, 11) is 0. The summed E-state index contributed by atoms with van der Waals surface area (Å²) in [6.07, 6.45) is 15.6. The summed E-state index contributed by atoms with van der Waals surface area (Å²) in [6.45, 7) is 5.67. The maximum Gasteiger partial charge on any atom is 0.142 e. The molecule has 0 spiro atoms. The van der Waals surface area contributed by atoms with E-state index in [9.17, 15) is 9.90 Å². The number of rotatable bonds is 6. The molecule has 4 aliphatic carbocycles. The van der Waals surface area contributed by atoms with E-state index in [0.29, 0.717) is 41.8 Å². The molecule has 4 fully saturated rings. The Bertz CT molecular complexity index is 632. The van der Waals surface area contributed by atoms with Gasteiger partial charge < -0.3 is 14.9 Å². The SMILES string of the molecule is C[C@]12CCC(OCCCO)CC1CC[C@@H]1[C@@H]2CC[C@]2(C)[C@@H](/C=C/C=O)CC[C@@]12O. The van der Waals surface area contributed by atoms with E-state index in [0.717, 1.165) is 51.2 Å². The Hall–Kier alpha value is -0.710. The molecule has 29 heavy (non-hydrogen) atoms. The van der Waals surface area contributed by atoms with Crippen molar-refractivity contribution in [3.63, 3.8) is 0 Å². The molecule has 8 atom stereocenters. The first kappa shape index (κ1) is 21.5. The van der Waals surface area contributed by atoms with Gasteiger partial charge in [0.05, 0.1) is 11.7 Å². The number of carbonyl (C=O) groups excluding carboxylic acids is 1. The summed E-state index contributed by atoms with van der Waals surface area (Å²) in [5, 5.41) is 21.1. The van der Waals surface area contributed by atoms with Crippen molar-refractivity contribution in [1.29, 1.82) is 0 Å². The largest absolute Gasteiger partial charge is 0.396 e. The third kappa shape index (κ3) is 3.34. The van der Waals surface area contributed by atoms with Crippen LogP contribution in [-0.2, 0) is 9.53 Å². The number of carbonyl (C=O) groups is 1. The van der Waals surface area contributed by atoms with Crippen LogP contribution in [0.4, 0.5) is 0 Å². The van der Waals surface area contributed by atoms with Crippen LogP contribution in [0.3, 0.4) is 0 Å². The minimum atomic E-state index is -0.587. The Morgan fingerprint density at radius 3 is 2.62 bits per heavy atom. The van der Waals surface area contributed by atoms with Crippen molar-refractivity contribution in [2.45, 2.75) is 89.8 Å². The molecule has 0 bridgehead atoms. The third-order valence-electron chi connectivity index (χ3n) is 9.95. The molecule has 0 saturated heterocycles. The van der Waals surface area contributed by atoms with Crippen LogP contribution in [0, 0.1) is 34.5 Å². The van der Waals surface area contributed by atoms with E-state index in [4.69, 9.17) is 9.84 Å². The molecule has 4 rings (SSSR count). The van der Waals surface area contributed by atoms with Gasteiger partial charge in [0.25, 0.3) is 0 Å². The maximum absolute atomic E-state index is 12.1. The number of fused-ring (bicyclic) bond motifs is 5. The van der Waals surface area contributed by atoms with Crippen LogP contribution in [0.15, 0.2) is 12.2 Å². The van der Waals surface area contributed by atoms with Gasteiger partial charge in [-0.15, -0.1) is 0 Å². The molecule has 0 aromatic rings. The highest BCUT2D eigenvalue weighted by Gasteiger charge is 2.66. The molecule has 4 saturated carbocycles. The Morgan fingerprint density at radius 2 is 1.86 bits per heavy atom. The molecular formula is C25H40O4. The lowest BCUT2D eigenvalue weighted by Crippen LogP contribution is -2.62. The molecule has 4 nitrogen and oxygen atoms in total. The number of aliphatic hydroxyl groups is 2. The second-order valence-electron chi connectivity index (χ2n) is 10.9. The second kappa shape index (κ2) is 8.09. The fourth-order valence-electron chi connectivity index (χ4n) is 8.18. The summed E-state index contributed by atoms with van der Waals surface area (Å²) < 4.78 is 6.06. The Balaban J connectivity index is 1.51. The van der Waals surface area contributed by atoms with Gasteiger partial charge in [0.2, 0.25) is 0 Å². The lowest BCUT2D eigenvalue weighted by Gasteiger charge is -2.63. The minimum Gasteiger partial charge on any atom is -0.396 e. The number of aldehydes is 1. The van der Waals surface area contributed by atoms with Gasteiger partial charge in [0, 0.05) is 18.6 Å². The zero-order valence-electron chi connectivity index (χ0n) is 18.3. The first-order valence-electron chi connectivity index (χ1n) is 12.0. The topological polar surface area (TPSA) is 66.8 Å². The van der Waals surface area contributed by atoms with E-state index < -0.39 is 5.60 Å². The summed E-state index contributed by atoms with van der Waals surface area (Å²) >= 11 is 0. The van der Waals surface area contributed by atoms with E-state index in [-0.39, 0.29) is 12.0 Å². The first-order valence-corrected chi connectivity index (χ1v) is 12.0. The van der Waals surface area contributed by atoms with Gasteiger partial charge in [-0.3, -0.25) is 4.79 Å². The zero-order valence-corrected chi connectivity index (χ0v) is 18.3. The summed E-state index contributed by atoms with van der Waals surface area (Å²) in [6, 6.07) is 0. The molecule has 2 N–H and O–H groups in total. The Morgan fingerprint density at radius 1 is 1.03 bits per heavy atom. The molecular weight excluding hydrogens is 364 g/mol. The van der Waals surface area contributed by atoms with Crippen LogP contribution < -0.4 is 0 Å². The number of hydrogen-bond donors (Lipinski definition) is 2. The average molecular weight is 405 g/mol. The number of hydrogen-bond acceptors (Lipinski definition) is 4. The average Bonchev–Trinajstić information content (AvgIpc) is 2.97. The number of allylic oxidation sites excluding steroid dienone is 2. The van der Waals surface area contributed by atoms with Crippen LogP contribution in [0.1, 0.15) is 78.1 Å². The Kier molecular flexibility index (Phi) is 6.00. The molecule has 0 aromatic heterocycles. The highest BCUT2D eigenvalue weighted by Crippen LogP contribution is 2.69. The van der Waals surface area contributed by atoms with E-state index in [1.807, 2.05) is 0 Å². The van der Waals surface area contributed by atoms with Gasteiger partial charge >= 0.3 is 0 Å². The highest BCUT2D eigenvalue weighted by atomic mass is 16.5. The smallest absolute Gasteiger partial charge is 0.142 e. The van der Waals surface area contributed by atoms with E-state index in [1.165, 1.54) is 19.3 Å². The van der Waals surface area contributed by atoms with Crippen LogP contribution in [0.25, 0.3) is 0 Å². The molecule has 4 aliphatic rings. The van der Waals surface area contributed by atoms with E-state index >= 15 is 0 Å². The van der Waals surface area contributed by atoms with Gasteiger partial charge in [-0.25, -0.2) is 0 Å². The summed E-state index contributed by atoms with van der Waals surface area (Å²) in [4.78, 5) is 10.9. The van der Waals surface area contributed by atoms with Crippen molar-refractivity contribution in [2.24, 2.45) is 34.5 Å². The van der Waals surface area contributed by atoms with Crippen LogP contribution in [0.2, 0.25) is 0 Å². The van der Waals surface area contributed by atoms with Gasteiger partial charge in [-0.05, 0) is 99.4 Å². The molecule has 0 heterocycles. The molecule has 4 heteroatoms. The Labute approximate surface area is 176 Å². The van der Waals surface area contributed by atoms with E-state index in [2.05, 4.69) is 19.9 Å². The van der Waals surface area contributed by atoms with Gasteiger partial charge in [-0.1, -0.05) is 19.9 Å². The molecule has 0 amide bonds. The predicted octanol–water partition coefficient (Wildman–Crippen LogP) is 4.28.